The number of ether oxygens (including phenoxy) is 2. The summed E-state index contributed by atoms with van der Waals surface area (Å²) < 4.78 is 11.7. The molecule has 0 radical (unpaired) electrons. The molecule has 0 heterocycles. The maximum atomic E-state index is 5.45. The lowest BCUT2D eigenvalue weighted by molar-refractivity contribution is 0.387. The second kappa shape index (κ2) is 8.37. The van der Waals surface area contributed by atoms with Crippen LogP contribution < -0.4 is 14.8 Å². The molecule has 0 aromatic heterocycles. The van der Waals surface area contributed by atoms with E-state index >= 15 is 0 Å². The van der Waals surface area contributed by atoms with Gasteiger partial charge in [0.2, 0.25) is 0 Å². The smallest absolute Gasteiger partial charge is 0.123 e. The summed E-state index contributed by atoms with van der Waals surface area (Å²) in [6, 6.07) is 14.6. The van der Waals surface area contributed by atoms with E-state index in [4.69, 9.17) is 9.47 Å². The van der Waals surface area contributed by atoms with Crippen LogP contribution in [0.4, 0.5) is 0 Å². The van der Waals surface area contributed by atoms with Gasteiger partial charge < -0.3 is 14.8 Å². The Balaban J connectivity index is 2.15. The van der Waals surface area contributed by atoms with Crippen molar-refractivity contribution in [1.82, 2.24) is 5.32 Å². The van der Waals surface area contributed by atoms with Gasteiger partial charge in [-0.15, -0.1) is 0 Å². The van der Waals surface area contributed by atoms with E-state index in [1.54, 1.807) is 14.2 Å². The van der Waals surface area contributed by atoms with Crippen LogP contribution >= 0.6 is 15.9 Å². The van der Waals surface area contributed by atoms with E-state index in [0.29, 0.717) is 5.92 Å². The molecule has 124 valence electrons. The lowest BCUT2D eigenvalue weighted by Gasteiger charge is -2.24. The normalized spacial score (nSPS) is 12.3. The maximum absolute atomic E-state index is 5.45. The van der Waals surface area contributed by atoms with Crippen molar-refractivity contribution < 1.29 is 9.47 Å². The van der Waals surface area contributed by atoms with Gasteiger partial charge in [0, 0.05) is 22.6 Å². The quantitative estimate of drug-likeness (QED) is 0.739. The van der Waals surface area contributed by atoms with Gasteiger partial charge in [0.1, 0.15) is 11.5 Å². The number of nitrogens with one attached hydrogen (secondary N) is 1. The molecule has 0 aliphatic rings. The van der Waals surface area contributed by atoms with Crippen molar-refractivity contribution in [2.24, 2.45) is 5.92 Å². The van der Waals surface area contributed by atoms with Crippen LogP contribution in [0.2, 0.25) is 0 Å². The predicted octanol–water partition coefficient (Wildman–Crippen LogP) is 4.95. The van der Waals surface area contributed by atoms with Gasteiger partial charge in [-0.3, -0.25) is 0 Å². The number of benzene rings is 2. The molecule has 0 fully saturated rings. The first-order chi connectivity index (χ1) is 11.0. The van der Waals surface area contributed by atoms with Crippen LogP contribution in [0.15, 0.2) is 46.9 Å². The first-order valence-corrected chi connectivity index (χ1v) is 8.54. The van der Waals surface area contributed by atoms with Crippen LogP contribution in [0.3, 0.4) is 0 Å². The van der Waals surface area contributed by atoms with Gasteiger partial charge in [-0.2, -0.15) is 0 Å². The summed E-state index contributed by atoms with van der Waals surface area (Å²) in [5, 5.41) is 3.65. The fraction of sp³-hybridized carbons (Fsp3) is 0.368. The van der Waals surface area contributed by atoms with Crippen molar-refractivity contribution >= 4 is 15.9 Å². The summed E-state index contributed by atoms with van der Waals surface area (Å²) in [6.45, 7) is 5.19. The van der Waals surface area contributed by atoms with Crippen molar-refractivity contribution in [1.29, 1.82) is 0 Å². The highest BCUT2D eigenvalue weighted by atomic mass is 79.9. The molecule has 0 aliphatic heterocycles. The highest BCUT2D eigenvalue weighted by molar-refractivity contribution is 9.10. The van der Waals surface area contributed by atoms with Crippen LogP contribution in [0, 0.1) is 5.92 Å². The first kappa shape index (κ1) is 17.8. The minimum Gasteiger partial charge on any atom is -0.497 e. The Kier molecular flexibility index (Phi) is 6.48. The molecular weight excluding hydrogens is 354 g/mol. The summed E-state index contributed by atoms with van der Waals surface area (Å²) in [5.74, 6) is 2.25. The predicted molar refractivity (Wildman–Crippen MR) is 98.1 cm³/mol. The molecule has 0 amide bonds. The minimum absolute atomic E-state index is 0.268. The number of hydrogen-bond donors (Lipinski definition) is 1. The average molecular weight is 378 g/mol. The van der Waals surface area contributed by atoms with Crippen molar-refractivity contribution in [3.8, 4) is 11.5 Å². The van der Waals surface area contributed by atoms with Gasteiger partial charge in [0.25, 0.3) is 0 Å². The zero-order valence-corrected chi connectivity index (χ0v) is 15.7. The van der Waals surface area contributed by atoms with Gasteiger partial charge in [0.15, 0.2) is 0 Å². The van der Waals surface area contributed by atoms with Crippen molar-refractivity contribution in [2.45, 2.75) is 26.4 Å². The van der Waals surface area contributed by atoms with Crippen LogP contribution in [0.5, 0.6) is 11.5 Å². The van der Waals surface area contributed by atoms with Gasteiger partial charge in [0.05, 0.1) is 14.2 Å². The van der Waals surface area contributed by atoms with Crippen LogP contribution in [-0.2, 0) is 6.54 Å². The van der Waals surface area contributed by atoms with Gasteiger partial charge in [-0.1, -0.05) is 41.9 Å². The molecule has 0 spiro atoms. The maximum Gasteiger partial charge on any atom is 0.123 e. The third-order valence-corrected chi connectivity index (χ3v) is 4.39. The fourth-order valence-corrected chi connectivity index (χ4v) is 3.06. The monoisotopic (exact) mass is 377 g/mol. The Labute approximate surface area is 147 Å². The summed E-state index contributed by atoms with van der Waals surface area (Å²) in [4.78, 5) is 0. The summed E-state index contributed by atoms with van der Waals surface area (Å²) in [6.07, 6.45) is 0. The second-order valence-electron chi connectivity index (χ2n) is 5.83. The lowest BCUT2D eigenvalue weighted by atomic mass is 9.95. The highest BCUT2D eigenvalue weighted by Crippen LogP contribution is 2.27. The van der Waals surface area contributed by atoms with Crippen molar-refractivity contribution in [3.05, 3.63) is 58.1 Å². The molecule has 1 unspecified atom stereocenters. The third-order valence-electron chi connectivity index (χ3n) is 3.90. The molecule has 23 heavy (non-hydrogen) atoms. The summed E-state index contributed by atoms with van der Waals surface area (Å²) in [5.41, 5.74) is 2.40. The zero-order chi connectivity index (χ0) is 16.8. The Morgan fingerprint density at radius 1 is 1.00 bits per heavy atom. The van der Waals surface area contributed by atoms with Crippen LogP contribution in [0.25, 0.3) is 0 Å². The van der Waals surface area contributed by atoms with Gasteiger partial charge >= 0.3 is 0 Å². The van der Waals surface area contributed by atoms with E-state index in [-0.39, 0.29) is 6.04 Å². The first-order valence-electron chi connectivity index (χ1n) is 7.75. The number of hydrogen-bond acceptors (Lipinski definition) is 3. The topological polar surface area (TPSA) is 30.5 Å². The third kappa shape index (κ3) is 4.72. The van der Waals surface area contributed by atoms with E-state index in [2.05, 4.69) is 53.3 Å². The fourth-order valence-electron chi connectivity index (χ4n) is 2.65. The van der Waals surface area contributed by atoms with E-state index < -0.39 is 0 Å². The molecule has 1 atom stereocenters. The van der Waals surface area contributed by atoms with E-state index in [1.165, 1.54) is 5.56 Å². The SMILES string of the molecule is COc1ccc(C(NCc2cc(Br)ccc2OC)C(C)C)cc1. The molecule has 0 saturated heterocycles. The number of rotatable bonds is 7. The zero-order valence-electron chi connectivity index (χ0n) is 14.1. The number of methoxy groups -OCH3 is 2. The highest BCUT2D eigenvalue weighted by Gasteiger charge is 2.16. The average Bonchev–Trinajstić information content (AvgIpc) is 2.55. The van der Waals surface area contributed by atoms with Crippen LogP contribution in [-0.4, -0.2) is 14.2 Å². The van der Waals surface area contributed by atoms with Crippen LogP contribution in [0.1, 0.15) is 31.0 Å². The molecule has 2 rings (SSSR count). The largest absolute Gasteiger partial charge is 0.497 e. The Morgan fingerprint density at radius 2 is 1.70 bits per heavy atom. The molecule has 4 heteroatoms. The molecular formula is C19H24BrNO2. The standard InChI is InChI=1S/C19H24BrNO2/c1-13(2)19(14-5-8-17(22-3)9-6-14)21-12-15-11-16(20)7-10-18(15)23-4/h5-11,13,19,21H,12H2,1-4H3. The van der Waals surface area contributed by atoms with Crippen molar-refractivity contribution in [2.75, 3.05) is 14.2 Å². The van der Waals surface area contributed by atoms with Gasteiger partial charge in [-0.05, 0) is 41.8 Å². The summed E-state index contributed by atoms with van der Waals surface area (Å²) >= 11 is 3.53. The lowest BCUT2D eigenvalue weighted by Crippen LogP contribution is -2.25. The van der Waals surface area contributed by atoms with Crippen molar-refractivity contribution in [3.63, 3.8) is 0 Å². The van der Waals surface area contributed by atoms with E-state index in [1.807, 2.05) is 24.3 Å². The molecule has 2 aromatic carbocycles. The molecule has 0 aliphatic carbocycles. The minimum atomic E-state index is 0.268. The van der Waals surface area contributed by atoms with E-state index in [0.717, 1.165) is 28.1 Å². The summed E-state index contributed by atoms with van der Waals surface area (Å²) in [7, 11) is 3.39. The Bertz CT molecular complexity index is 626. The molecule has 1 N–H and O–H groups in total. The Hall–Kier alpha value is -1.52. The van der Waals surface area contributed by atoms with E-state index in [9.17, 15) is 0 Å². The second-order valence-corrected chi connectivity index (χ2v) is 6.75. The molecule has 2 aromatic rings. The van der Waals surface area contributed by atoms with Gasteiger partial charge in [-0.25, -0.2) is 0 Å². The number of halogens is 1. The Morgan fingerprint density at radius 3 is 2.26 bits per heavy atom. The molecule has 0 bridgehead atoms. The molecule has 3 nitrogen and oxygen atoms in total. The molecule has 0 saturated carbocycles.